The van der Waals surface area contributed by atoms with Gasteiger partial charge in [-0.05, 0) is 77.4 Å². The van der Waals surface area contributed by atoms with Crippen molar-refractivity contribution >= 4 is 11.8 Å². The van der Waals surface area contributed by atoms with E-state index < -0.39 is 0 Å². The minimum Gasteiger partial charge on any atom is -0.352 e. The van der Waals surface area contributed by atoms with Gasteiger partial charge in [0.1, 0.15) is 6.04 Å². The van der Waals surface area contributed by atoms with E-state index in [0.717, 1.165) is 70.9 Å². The second-order valence-corrected chi connectivity index (χ2v) is 17.8. The van der Waals surface area contributed by atoms with Crippen LogP contribution < -0.4 is 5.32 Å². The monoisotopic (exact) mass is 744 g/mol. The molecule has 0 aromatic heterocycles. The van der Waals surface area contributed by atoms with Crippen LogP contribution in [0, 0.1) is 5.92 Å². The maximum absolute atomic E-state index is 14.8. The summed E-state index contributed by atoms with van der Waals surface area (Å²) in [5.41, 5.74) is 0. The van der Waals surface area contributed by atoms with Gasteiger partial charge in [0.25, 0.3) is 0 Å². The molecule has 0 radical (unpaired) electrons. The summed E-state index contributed by atoms with van der Waals surface area (Å²) in [5, 5.41) is 3.58. The summed E-state index contributed by atoms with van der Waals surface area (Å²) < 4.78 is 0. The number of nitrogens with one attached hydrogen (secondary N) is 1. The van der Waals surface area contributed by atoms with Crippen LogP contribution in [0.15, 0.2) is 0 Å². The number of hydrogen-bond acceptors (Lipinski definition) is 3. The molecular weight excluding hydrogens is 651 g/mol. The molecule has 2 rings (SSSR count). The average molecular weight is 744 g/mol. The summed E-state index contributed by atoms with van der Waals surface area (Å²) in [5.74, 6) is 0.711. The van der Waals surface area contributed by atoms with E-state index in [1.807, 2.05) is 0 Å². The fourth-order valence-corrected chi connectivity index (χ4v) is 9.43. The van der Waals surface area contributed by atoms with E-state index in [9.17, 15) is 9.59 Å². The van der Waals surface area contributed by atoms with Gasteiger partial charge in [0, 0.05) is 18.5 Å². The van der Waals surface area contributed by atoms with Gasteiger partial charge in [0.15, 0.2) is 0 Å². The van der Waals surface area contributed by atoms with E-state index in [0.29, 0.717) is 6.42 Å². The summed E-state index contributed by atoms with van der Waals surface area (Å²) in [7, 11) is 2.23. The Labute approximate surface area is 331 Å². The Balaban J connectivity index is 2.09. The van der Waals surface area contributed by atoms with Gasteiger partial charge < -0.3 is 15.1 Å². The smallest absolute Gasteiger partial charge is 0.243 e. The summed E-state index contributed by atoms with van der Waals surface area (Å²) in [6.07, 6.45) is 44.3. The second-order valence-electron chi connectivity index (χ2n) is 17.8. The Morgan fingerprint density at radius 3 is 1.49 bits per heavy atom. The van der Waals surface area contributed by atoms with Gasteiger partial charge >= 0.3 is 0 Å². The Bertz CT molecular complexity index is 844. The maximum Gasteiger partial charge on any atom is 0.243 e. The molecule has 1 N–H and O–H groups in total. The van der Waals surface area contributed by atoms with Crippen molar-refractivity contribution in [2.75, 3.05) is 20.1 Å². The number of unbranched alkanes of at least 4 members (excludes halogenated alkanes) is 22. The fourth-order valence-electron chi connectivity index (χ4n) is 9.43. The lowest BCUT2D eigenvalue weighted by atomic mass is 9.86. The normalized spacial score (nSPS) is 17.9. The number of likely N-dealkylation sites (tertiary alicyclic amines) is 1. The zero-order chi connectivity index (χ0) is 38.2. The van der Waals surface area contributed by atoms with Crippen LogP contribution in [-0.4, -0.2) is 59.9 Å². The summed E-state index contributed by atoms with van der Waals surface area (Å²) in [6, 6.07) is 0.148. The molecule has 5 heteroatoms. The lowest BCUT2D eigenvalue weighted by molar-refractivity contribution is -0.147. The van der Waals surface area contributed by atoms with Gasteiger partial charge in [0.05, 0.1) is 0 Å². The number of hydrogen-bond donors (Lipinski definition) is 1. The lowest BCUT2D eigenvalue weighted by Gasteiger charge is -2.42. The fraction of sp³-hybridized carbons (Fsp3) is 0.958. The van der Waals surface area contributed by atoms with Crippen LogP contribution in [0.2, 0.25) is 0 Å². The highest BCUT2D eigenvalue weighted by Gasteiger charge is 2.40. The minimum absolute atomic E-state index is 0.179. The molecule has 1 saturated carbocycles. The number of nitrogens with zero attached hydrogens (tertiary/aromatic N) is 2. The first-order chi connectivity index (χ1) is 26.0. The molecule has 0 bridgehead atoms. The number of amides is 2. The highest BCUT2D eigenvalue weighted by molar-refractivity contribution is 5.88. The third kappa shape index (κ3) is 22.9. The molecule has 5 nitrogen and oxygen atoms in total. The highest BCUT2D eigenvalue weighted by atomic mass is 16.2. The zero-order valence-corrected chi connectivity index (χ0v) is 36.4. The van der Waals surface area contributed by atoms with Crippen molar-refractivity contribution in [3.05, 3.63) is 0 Å². The van der Waals surface area contributed by atoms with Crippen molar-refractivity contribution in [2.24, 2.45) is 5.92 Å². The van der Waals surface area contributed by atoms with Crippen molar-refractivity contribution in [1.29, 1.82) is 0 Å². The predicted octanol–water partition coefficient (Wildman–Crippen LogP) is 13.7. The molecule has 1 aliphatic heterocycles. The van der Waals surface area contributed by atoms with Crippen LogP contribution in [0.4, 0.5) is 0 Å². The van der Waals surface area contributed by atoms with E-state index in [1.54, 1.807) is 0 Å². The number of carbonyl (C=O) groups is 2. The summed E-state index contributed by atoms with van der Waals surface area (Å²) in [6.45, 7) is 9.00. The lowest BCUT2D eigenvalue weighted by Crippen LogP contribution is -2.58. The van der Waals surface area contributed by atoms with Crippen LogP contribution in [0.3, 0.4) is 0 Å². The van der Waals surface area contributed by atoms with Gasteiger partial charge in [-0.2, -0.15) is 0 Å². The van der Waals surface area contributed by atoms with Crippen LogP contribution in [0.25, 0.3) is 0 Å². The molecule has 2 unspecified atom stereocenters. The number of rotatable bonds is 33. The Kier molecular flexibility index (Phi) is 30.0. The van der Waals surface area contributed by atoms with E-state index in [-0.39, 0.29) is 35.9 Å². The predicted molar refractivity (Wildman–Crippen MR) is 231 cm³/mol. The van der Waals surface area contributed by atoms with Gasteiger partial charge in [-0.3, -0.25) is 9.59 Å². The maximum atomic E-state index is 14.8. The zero-order valence-electron chi connectivity index (χ0n) is 36.4. The standard InChI is InChI=1S/C48H93N3O2/c1-5-8-11-14-15-16-17-18-19-20-21-22-23-26-32-39-46(52)51(45(37-30-24-12-9-6-2)38-31-25-13-10-7-3)47(43-34-33-41-50(4)42-40-43)48(53)49-44-35-28-27-29-36-44/h43-45,47H,5-42H2,1-4H3,(H,49,53). The molecular formula is C48H93N3O2. The quantitative estimate of drug-likeness (QED) is 0.0681. The highest BCUT2D eigenvalue weighted by Crippen LogP contribution is 2.31. The van der Waals surface area contributed by atoms with E-state index in [2.05, 4.69) is 42.9 Å². The largest absolute Gasteiger partial charge is 0.352 e. The molecule has 2 amide bonds. The van der Waals surface area contributed by atoms with E-state index in [1.165, 1.54) is 167 Å². The van der Waals surface area contributed by atoms with Crippen molar-refractivity contribution in [1.82, 2.24) is 15.1 Å². The van der Waals surface area contributed by atoms with Crippen molar-refractivity contribution in [2.45, 2.75) is 270 Å². The number of carbonyl (C=O) groups excluding carboxylic acids is 2. The molecule has 1 aliphatic carbocycles. The molecule has 53 heavy (non-hydrogen) atoms. The van der Waals surface area contributed by atoms with Crippen LogP contribution in [0.1, 0.15) is 252 Å². The Morgan fingerprint density at radius 2 is 1.00 bits per heavy atom. The first-order valence-corrected chi connectivity index (χ1v) is 24.3. The molecule has 1 heterocycles. The average Bonchev–Trinajstić information content (AvgIpc) is 3.38. The SMILES string of the molecule is CCCCCCCCCCCCCCCCCC(=O)N(C(CCCCCCC)CCCCCCC)C(C(=O)NC1CCCCC1)C1CCCN(C)CC1. The molecule has 2 atom stereocenters. The molecule has 2 fully saturated rings. The van der Waals surface area contributed by atoms with Crippen LogP contribution in [-0.2, 0) is 9.59 Å². The first kappa shape index (κ1) is 48.0. The van der Waals surface area contributed by atoms with Crippen molar-refractivity contribution < 1.29 is 9.59 Å². The van der Waals surface area contributed by atoms with Gasteiger partial charge in [0.2, 0.25) is 11.8 Å². The van der Waals surface area contributed by atoms with Crippen molar-refractivity contribution in [3.8, 4) is 0 Å². The van der Waals surface area contributed by atoms with E-state index in [4.69, 9.17) is 0 Å². The Morgan fingerprint density at radius 1 is 0.547 bits per heavy atom. The molecule has 0 aromatic rings. The summed E-state index contributed by atoms with van der Waals surface area (Å²) in [4.78, 5) is 34.2. The Hall–Kier alpha value is -1.10. The third-order valence-electron chi connectivity index (χ3n) is 12.9. The van der Waals surface area contributed by atoms with Crippen LogP contribution >= 0.6 is 0 Å². The van der Waals surface area contributed by atoms with Crippen LogP contribution in [0.5, 0.6) is 0 Å². The van der Waals surface area contributed by atoms with E-state index >= 15 is 0 Å². The minimum atomic E-state index is -0.316. The molecule has 312 valence electrons. The topological polar surface area (TPSA) is 52.7 Å². The van der Waals surface area contributed by atoms with Gasteiger partial charge in [-0.1, -0.05) is 194 Å². The third-order valence-corrected chi connectivity index (χ3v) is 12.9. The molecule has 0 aromatic carbocycles. The molecule has 2 aliphatic rings. The molecule has 0 spiro atoms. The van der Waals surface area contributed by atoms with Gasteiger partial charge in [-0.15, -0.1) is 0 Å². The first-order valence-electron chi connectivity index (χ1n) is 24.3. The second kappa shape index (κ2) is 33.1. The van der Waals surface area contributed by atoms with Gasteiger partial charge in [-0.25, -0.2) is 0 Å². The summed E-state index contributed by atoms with van der Waals surface area (Å²) >= 11 is 0. The molecule has 1 saturated heterocycles. The van der Waals surface area contributed by atoms with Crippen molar-refractivity contribution in [3.63, 3.8) is 0 Å².